The highest BCUT2D eigenvalue weighted by Crippen LogP contribution is 2.29. The molecule has 3 heterocycles. The highest BCUT2D eigenvalue weighted by Gasteiger charge is 2.27. The van der Waals surface area contributed by atoms with E-state index in [1.807, 2.05) is 48.5 Å². The number of nitrogens with zero attached hydrogens (tertiary/aromatic N) is 2. The van der Waals surface area contributed by atoms with Gasteiger partial charge in [0.25, 0.3) is 0 Å². The monoisotopic (exact) mass is 571 g/mol. The quantitative estimate of drug-likeness (QED) is 0.323. The smallest absolute Gasteiger partial charge is 0.249 e. The van der Waals surface area contributed by atoms with E-state index in [4.69, 9.17) is 5.73 Å². The van der Waals surface area contributed by atoms with Crippen LogP contribution in [0.4, 0.5) is 17.2 Å². The van der Waals surface area contributed by atoms with Gasteiger partial charge in [-0.25, -0.2) is 13.4 Å². The molecule has 0 radical (unpaired) electrons. The lowest BCUT2D eigenvalue weighted by molar-refractivity contribution is -0.131. The van der Waals surface area contributed by atoms with Crippen LogP contribution in [0.1, 0.15) is 42.5 Å². The third-order valence-electron chi connectivity index (χ3n) is 7.38. The first-order valence-corrected chi connectivity index (χ1v) is 15.2. The van der Waals surface area contributed by atoms with Crippen LogP contribution >= 0.6 is 0 Å². The number of aromatic nitrogens is 1. The fraction of sp³-hybridized carbons (Fsp3) is 0.258. The number of carbonyl (C=O) groups is 2. The van der Waals surface area contributed by atoms with E-state index in [1.54, 1.807) is 32.3 Å². The van der Waals surface area contributed by atoms with Gasteiger partial charge in [-0.3, -0.25) is 9.59 Å². The van der Waals surface area contributed by atoms with Crippen LogP contribution in [0.2, 0.25) is 0 Å². The summed E-state index contributed by atoms with van der Waals surface area (Å²) in [5, 5.41) is 7.98. The van der Waals surface area contributed by atoms with E-state index < -0.39 is 15.9 Å². The number of likely N-dealkylation sites (N-methyl/N-ethyl adjacent to an activating group) is 1. The molecule has 1 atom stereocenters. The van der Waals surface area contributed by atoms with E-state index in [-0.39, 0.29) is 29.0 Å². The van der Waals surface area contributed by atoms with Gasteiger partial charge in [0, 0.05) is 43.0 Å². The number of hydrogen-bond donors (Lipinski definition) is 3. The Morgan fingerprint density at radius 2 is 1.80 bits per heavy atom. The summed E-state index contributed by atoms with van der Waals surface area (Å²) in [6, 6.07) is 19.3. The number of pyridine rings is 1. The van der Waals surface area contributed by atoms with Gasteiger partial charge >= 0.3 is 0 Å². The fourth-order valence-electron chi connectivity index (χ4n) is 5.09. The number of nitrogens with two attached hydrogens (primary N) is 1. The molecule has 3 aromatic carbocycles. The second kappa shape index (κ2) is 11.6. The molecule has 0 aliphatic carbocycles. The predicted molar refractivity (Wildman–Crippen MR) is 161 cm³/mol. The number of carbonyl (C=O) groups excluding carboxylic acids is 2. The maximum absolute atomic E-state index is 14.0. The van der Waals surface area contributed by atoms with Crippen molar-refractivity contribution >= 4 is 49.6 Å². The Balaban J connectivity index is 1.55. The molecule has 4 N–H and O–H groups in total. The maximum atomic E-state index is 14.0. The molecule has 9 nitrogen and oxygen atoms in total. The van der Waals surface area contributed by atoms with Crippen molar-refractivity contribution in [1.29, 1.82) is 0 Å². The number of nitrogen functional groups attached to an aromatic ring is 1. The zero-order valence-corrected chi connectivity index (χ0v) is 23.9. The van der Waals surface area contributed by atoms with Gasteiger partial charge in [-0.05, 0) is 77.4 Å². The summed E-state index contributed by atoms with van der Waals surface area (Å²) in [6.45, 7) is 1.62. The van der Waals surface area contributed by atoms with Crippen LogP contribution in [0.15, 0.2) is 77.8 Å². The lowest BCUT2D eigenvalue weighted by Gasteiger charge is -2.27. The summed E-state index contributed by atoms with van der Waals surface area (Å²) in [7, 11) is -1.93. The van der Waals surface area contributed by atoms with Crippen molar-refractivity contribution in [3.05, 3.63) is 89.6 Å². The van der Waals surface area contributed by atoms with Crippen molar-refractivity contribution in [1.82, 2.24) is 9.88 Å². The van der Waals surface area contributed by atoms with E-state index in [2.05, 4.69) is 15.6 Å². The van der Waals surface area contributed by atoms with Gasteiger partial charge in [-0.2, -0.15) is 0 Å². The molecule has 6 rings (SSSR count). The van der Waals surface area contributed by atoms with Crippen LogP contribution in [-0.2, 0) is 32.4 Å². The van der Waals surface area contributed by atoms with Crippen LogP contribution in [0, 0.1) is 0 Å². The molecular weight excluding hydrogens is 538 g/mol. The first-order chi connectivity index (χ1) is 19.6. The fourth-order valence-corrected chi connectivity index (χ4v) is 6.20. The van der Waals surface area contributed by atoms with Crippen molar-refractivity contribution in [3.63, 3.8) is 0 Å². The summed E-state index contributed by atoms with van der Waals surface area (Å²) in [6.07, 6.45) is 3.33. The topological polar surface area (TPSA) is 134 Å². The number of anilines is 3. The van der Waals surface area contributed by atoms with Gasteiger partial charge in [0.2, 0.25) is 11.8 Å². The number of sulfone groups is 1. The first-order valence-electron chi connectivity index (χ1n) is 13.5. The predicted octanol–water partition coefficient (Wildman–Crippen LogP) is 4.70. The Labute approximate surface area is 239 Å². The second-order valence-electron chi connectivity index (χ2n) is 10.3. The average Bonchev–Trinajstić information content (AvgIpc) is 2.95. The van der Waals surface area contributed by atoms with Crippen molar-refractivity contribution < 1.29 is 18.0 Å². The molecule has 41 heavy (non-hydrogen) atoms. The molecule has 2 aliphatic rings. The minimum atomic E-state index is -3.57. The van der Waals surface area contributed by atoms with E-state index >= 15 is 0 Å². The maximum Gasteiger partial charge on any atom is 0.249 e. The highest BCUT2D eigenvalue weighted by molar-refractivity contribution is 7.91. The summed E-state index contributed by atoms with van der Waals surface area (Å²) in [4.78, 5) is 32.4. The largest absolute Gasteiger partial charge is 0.383 e. The molecule has 4 aromatic rings. The minimum Gasteiger partial charge on any atom is -0.383 e. The number of nitrogens with one attached hydrogen (secondary N) is 2. The van der Waals surface area contributed by atoms with Crippen molar-refractivity contribution in [2.24, 2.45) is 0 Å². The highest BCUT2D eigenvalue weighted by atomic mass is 32.2. The van der Waals surface area contributed by atoms with Gasteiger partial charge in [-0.15, -0.1) is 0 Å². The molecule has 4 bridgehead atoms. The Hall–Kier alpha value is -4.44. The number of amides is 2. The molecular formula is C31H33N5O4S. The SMILES string of the molecule is CCS(=O)(=O)c1ccc2cc1CN(C)C(=O)[C@H](Nc1ccc3c(N)nccc3c1)c1ccc(cc1)CCCC(=O)N2. The summed E-state index contributed by atoms with van der Waals surface area (Å²) < 4.78 is 25.9. The molecule has 0 spiro atoms. The van der Waals surface area contributed by atoms with Crippen LogP contribution < -0.4 is 16.4 Å². The Bertz CT molecular complexity index is 1720. The van der Waals surface area contributed by atoms with Gasteiger partial charge in [-0.1, -0.05) is 31.2 Å². The first kappa shape index (κ1) is 28.1. The Morgan fingerprint density at radius 1 is 1.02 bits per heavy atom. The van der Waals surface area contributed by atoms with Gasteiger partial charge in [0.05, 0.1) is 10.6 Å². The molecule has 0 saturated carbocycles. The third-order valence-corrected chi connectivity index (χ3v) is 9.21. The van der Waals surface area contributed by atoms with Crippen molar-refractivity contribution in [3.8, 4) is 0 Å². The van der Waals surface area contributed by atoms with Gasteiger partial charge < -0.3 is 21.3 Å². The lowest BCUT2D eigenvalue weighted by Crippen LogP contribution is -2.35. The standard InChI is InChI=1S/C31H33N5O4S/c1-3-41(39,40)27-14-12-24-18-23(27)19-36(2)31(38)29(21-9-7-20(8-10-21)5-4-6-28(37)34-24)35-25-11-13-26-22(17-25)15-16-33-30(26)32/h7-18,29,35H,3-6,19H2,1-2H3,(H2,32,33)(H,34,37)/t29-/m1/s1. The van der Waals surface area contributed by atoms with Crippen LogP contribution in [-0.4, -0.2) is 42.9 Å². The number of benzene rings is 3. The summed E-state index contributed by atoms with van der Waals surface area (Å²) in [5.41, 5.74) is 9.52. The molecule has 10 heteroatoms. The zero-order valence-electron chi connectivity index (χ0n) is 23.1. The lowest BCUT2D eigenvalue weighted by atomic mass is 10.00. The minimum absolute atomic E-state index is 0.0350. The number of rotatable bonds is 4. The Kier molecular flexibility index (Phi) is 7.94. The van der Waals surface area contributed by atoms with Crippen LogP contribution in [0.25, 0.3) is 10.8 Å². The van der Waals surface area contributed by atoms with E-state index in [0.717, 1.165) is 27.6 Å². The van der Waals surface area contributed by atoms with E-state index in [1.165, 1.54) is 11.0 Å². The normalized spacial score (nSPS) is 16.5. The number of aryl methyl sites for hydroxylation is 1. The Morgan fingerprint density at radius 3 is 2.56 bits per heavy atom. The van der Waals surface area contributed by atoms with Crippen LogP contribution in [0.5, 0.6) is 0 Å². The molecule has 0 unspecified atom stereocenters. The molecule has 0 saturated heterocycles. The third kappa shape index (κ3) is 6.17. The van der Waals surface area contributed by atoms with Gasteiger partial charge in [0.1, 0.15) is 11.9 Å². The molecule has 2 amide bonds. The van der Waals surface area contributed by atoms with Crippen LogP contribution in [0.3, 0.4) is 0 Å². The van der Waals surface area contributed by atoms with E-state index in [9.17, 15) is 18.0 Å². The van der Waals surface area contributed by atoms with Crippen molar-refractivity contribution in [2.45, 2.75) is 43.7 Å². The number of hydrogen-bond acceptors (Lipinski definition) is 7. The zero-order chi connectivity index (χ0) is 29.1. The summed E-state index contributed by atoms with van der Waals surface area (Å²) >= 11 is 0. The van der Waals surface area contributed by atoms with Crippen molar-refractivity contribution in [2.75, 3.05) is 29.2 Å². The molecule has 0 fully saturated rings. The van der Waals surface area contributed by atoms with Gasteiger partial charge in [0.15, 0.2) is 9.84 Å². The average molecular weight is 572 g/mol. The number of fused-ring (bicyclic) bond motifs is 10. The van der Waals surface area contributed by atoms with E-state index in [0.29, 0.717) is 36.3 Å². The molecule has 1 aromatic heterocycles. The second-order valence-corrected chi connectivity index (χ2v) is 12.5. The summed E-state index contributed by atoms with van der Waals surface area (Å²) in [5.74, 6) is -0.0377. The molecule has 2 aliphatic heterocycles. The molecule has 212 valence electrons.